The van der Waals surface area contributed by atoms with Gasteiger partial charge in [-0.3, -0.25) is 0 Å². The van der Waals surface area contributed by atoms with E-state index in [4.69, 9.17) is 13.9 Å². The third kappa shape index (κ3) is 4.76. The lowest BCUT2D eigenvalue weighted by Gasteiger charge is -2.33. The molecule has 0 aliphatic heterocycles. The van der Waals surface area contributed by atoms with Gasteiger partial charge in [0.15, 0.2) is 10.5 Å². The largest absolute Gasteiger partial charge is 0.380 e. The van der Waals surface area contributed by atoms with Crippen LogP contribution in [0.1, 0.15) is 34.1 Å². The molecule has 0 aliphatic carbocycles. The van der Waals surface area contributed by atoms with Crippen LogP contribution < -0.4 is 0 Å². The summed E-state index contributed by atoms with van der Waals surface area (Å²) in [6.07, 6.45) is 0.790. The van der Waals surface area contributed by atoms with Gasteiger partial charge in [0.1, 0.15) is 0 Å². The van der Waals surface area contributed by atoms with Crippen molar-refractivity contribution in [3.8, 4) is 0 Å². The van der Waals surface area contributed by atoms with E-state index < -0.39 is 5.97 Å². The Morgan fingerprint density at radius 2 is 1.62 bits per heavy atom. The monoisotopic (exact) mass is 206 g/mol. The van der Waals surface area contributed by atoms with Crippen LogP contribution in [0.3, 0.4) is 0 Å². The fourth-order valence-electron chi connectivity index (χ4n) is 1.30. The van der Waals surface area contributed by atoms with Crippen molar-refractivity contribution in [2.75, 3.05) is 13.2 Å². The molecule has 0 aromatic carbocycles. The lowest BCUT2D eigenvalue weighted by Crippen LogP contribution is -2.40. The molecule has 13 heavy (non-hydrogen) atoms. The third-order valence-electron chi connectivity index (χ3n) is 1.70. The molecule has 0 radical (unpaired) electrons. The highest BCUT2D eigenvalue weighted by atomic mass is 28.2. The van der Waals surface area contributed by atoms with E-state index in [0.717, 1.165) is 6.42 Å². The van der Waals surface area contributed by atoms with E-state index in [1.54, 1.807) is 0 Å². The predicted molar refractivity (Wildman–Crippen MR) is 56.5 cm³/mol. The maximum absolute atomic E-state index is 5.52. The summed E-state index contributed by atoms with van der Waals surface area (Å²) in [5.74, 6) is -0.267. The topological polar surface area (TPSA) is 27.7 Å². The van der Waals surface area contributed by atoms with E-state index in [2.05, 4.69) is 13.8 Å². The molecule has 80 valence electrons. The van der Waals surface area contributed by atoms with Crippen LogP contribution in [0.4, 0.5) is 0 Å². The fraction of sp³-hybridized carbons (Fsp3) is 1.00. The van der Waals surface area contributed by atoms with Crippen molar-refractivity contribution in [1.82, 2.24) is 0 Å². The summed E-state index contributed by atoms with van der Waals surface area (Å²) in [5.41, 5.74) is 0. The summed E-state index contributed by atoms with van der Waals surface area (Å²) in [6, 6.07) is 0. The maximum atomic E-state index is 5.52. The van der Waals surface area contributed by atoms with Crippen molar-refractivity contribution in [1.29, 1.82) is 0 Å². The van der Waals surface area contributed by atoms with E-state index in [9.17, 15) is 0 Å². The van der Waals surface area contributed by atoms with Gasteiger partial charge in [-0.25, -0.2) is 0 Å². The molecule has 0 saturated heterocycles. The molecule has 0 amide bonds. The van der Waals surface area contributed by atoms with Crippen LogP contribution in [0.15, 0.2) is 0 Å². The number of hydrogen-bond donors (Lipinski definition) is 0. The first kappa shape index (κ1) is 13.1. The zero-order chi connectivity index (χ0) is 10.3. The summed E-state index contributed by atoms with van der Waals surface area (Å²) in [4.78, 5) is 0. The molecule has 0 aromatic heterocycles. The molecule has 0 aliphatic rings. The first-order chi connectivity index (χ1) is 6.10. The molecular formula is C9H22O3Si. The molecule has 0 fully saturated rings. The molecule has 0 aromatic rings. The molecular weight excluding hydrogens is 184 g/mol. The van der Waals surface area contributed by atoms with Crippen LogP contribution >= 0.6 is 0 Å². The fourth-order valence-corrected chi connectivity index (χ4v) is 1.70. The molecule has 0 bridgehead atoms. The van der Waals surface area contributed by atoms with Crippen LogP contribution in [-0.4, -0.2) is 29.7 Å². The van der Waals surface area contributed by atoms with Crippen molar-refractivity contribution in [2.24, 2.45) is 5.92 Å². The molecule has 0 heterocycles. The Morgan fingerprint density at radius 1 is 1.15 bits per heavy atom. The van der Waals surface area contributed by atoms with E-state index in [1.165, 1.54) is 0 Å². The SMILES string of the molecule is CCOC(CC(C)C)(O[SiH3])OCC. The van der Waals surface area contributed by atoms with Gasteiger partial charge in [0.2, 0.25) is 0 Å². The molecule has 4 heteroatoms. The minimum Gasteiger partial charge on any atom is -0.380 e. The Hall–Kier alpha value is 0.0969. The Labute approximate surface area is 84.3 Å². The van der Waals surface area contributed by atoms with Crippen molar-refractivity contribution in [2.45, 2.75) is 40.1 Å². The van der Waals surface area contributed by atoms with Gasteiger partial charge in [0.05, 0.1) is 0 Å². The first-order valence-corrected chi connectivity index (χ1v) is 5.75. The predicted octanol–water partition coefficient (Wildman–Crippen LogP) is 1.06. The van der Waals surface area contributed by atoms with Gasteiger partial charge >= 0.3 is 0 Å². The molecule has 0 N–H and O–H groups in total. The normalized spacial score (nSPS) is 12.7. The minimum absolute atomic E-state index is 0.507. The van der Waals surface area contributed by atoms with Crippen molar-refractivity contribution >= 4 is 10.5 Å². The van der Waals surface area contributed by atoms with Gasteiger partial charge in [-0.1, -0.05) is 13.8 Å². The molecule has 0 atom stereocenters. The lowest BCUT2D eigenvalue weighted by atomic mass is 10.1. The Bertz CT molecular complexity index is 122. The average Bonchev–Trinajstić information content (AvgIpc) is 2.04. The molecule has 3 nitrogen and oxygen atoms in total. The summed E-state index contributed by atoms with van der Waals surface area (Å²) >= 11 is 0. The van der Waals surface area contributed by atoms with Crippen molar-refractivity contribution in [3.63, 3.8) is 0 Å². The molecule has 0 saturated carbocycles. The minimum atomic E-state index is -0.774. The number of hydrogen-bond acceptors (Lipinski definition) is 3. The third-order valence-corrected chi connectivity index (χ3v) is 2.32. The number of ether oxygens (including phenoxy) is 2. The summed E-state index contributed by atoms with van der Waals surface area (Å²) < 4.78 is 16.5. The van der Waals surface area contributed by atoms with Gasteiger partial charge in [-0.15, -0.1) is 0 Å². The van der Waals surface area contributed by atoms with E-state index in [-0.39, 0.29) is 0 Å². The highest BCUT2D eigenvalue weighted by Gasteiger charge is 2.31. The Balaban J connectivity index is 4.24. The smallest absolute Gasteiger partial charge is 0.272 e. The quantitative estimate of drug-likeness (QED) is 0.460. The van der Waals surface area contributed by atoms with Crippen LogP contribution in [-0.2, 0) is 13.9 Å². The van der Waals surface area contributed by atoms with Gasteiger partial charge in [-0.2, -0.15) is 0 Å². The first-order valence-electron chi connectivity index (χ1n) is 4.93. The summed E-state index contributed by atoms with van der Waals surface area (Å²) in [6.45, 7) is 9.41. The van der Waals surface area contributed by atoms with Crippen LogP contribution in [0.25, 0.3) is 0 Å². The van der Waals surface area contributed by atoms with E-state index in [0.29, 0.717) is 29.6 Å². The standard InChI is InChI=1S/C9H22O3Si/c1-5-10-9(12-13,11-6-2)7-8(3)4/h8H,5-7H2,1-4,13H3. The Kier molecular flexibility index (Phi) is 6.58. The highest BCUT2D eigenvalue weighted by Crippen LogP contribution is 2.23. The van der Waals surface area contributed by atoms with Gasteiger partial charge in [0.25, 0.3) is 5.97 Å². The maximum Gasteiger partial charge on any atom is 0.272 e. The number of rotatable bonds is 7. The second-order valence-corrected chi connectivity index (χ2v) is 3.76. The zero-order valence-corrected chi connectivity index (χ0v) is 11.4. The van der Waals surface area contributed by atoms with Crippen LogP contribution in [0, 0.1) is 5.92 Å². The Morgan fingerprint density at radius 3 is 1.85 bits per heavy atom. The highest BCUT2D eigenvalue weighted by molar-refractivity contribution is 5.98. The van der Waals surface area contributed by atoms with Crippen molar-refractivity contribution < 1.29 is 13.9 Å². The molecule has 0 spiro atoms. The average molecular weight is 206 g/mol. The zero-order valence-electron chi connectivity index (χ0n) is 9.42. The van der Waals surface area contributed by atoms with Gasteiger partial charge in [0, 0.05) is 19.6 Å². The van der Waals surface area contributed by atoms with Crippen LogP contribution in [0.5, 0.6) is 0 Å². The van der Waals surface area contributed by atoms with Crippen LogP contribution in [0.2, 0.25) is 0 Å². The molecule has 0 unspecified atom stereocenters. The summed E-state index contributed by atoms with van der Waals surface area (Å²) in [7, 11) is 0.630. The second-order valence-electron chi connectivity index (χ2n) is 3.35. The van der Waals surface area contributed by atoms with E-state index >= 15 is 0 Å². The van der Waals surface area contributed by atoms with Gasteiger partial charge < -0.3 is 13.9 Å². The van der Waals surface area contributed by atoms with Crippen molar-refractivity contribution in [3.05, 3.63) is 0 Å². The summed E-state index contributed by atoms with van der Waals surface area (Å²) in [5, 5.41) is 0. The lowest BCUT2D eigenvalue weighted by molar-refractivity contribution is -0.347. The second kappa shape index (κ2) is 6.54. The van der Waals surface area contributed by atoms with E-state index in [1.807, 2.05) is 13.8 Å². The van der Waals surface area contributed by atoms with Gasteiger partial charge in [-0.05, 0) is 19.8 Å². The molecule has 0 rings (SSSR count).